The van der Waals surface area contributed by atoms with E-state index in [1.807, 2.05) is 0 Å². The maximum atomic E-state index is 12.6. The standard InChI is InChI=1S/C18H17N3O4/c1-11-14(24-2)8-12(9-15(11)25-3)17(22)13(10-19)18(23)21-16-6-4-5-7-20-16/h4-9,13H,1-3H3,(H,20,21,23)/t13-/m1/s1. The van der Waals surface area contributed by atoms with Crippen LogP contribution in [0.1, 0.15) is 15.9 Å². The number of aromatic nitrogens is 1. The molecule has 128 valence electrons. The number of carbonyl (C=O) groups excluding carboxylic acids is 2. The van der Waals surface area contributed by atoms with Crippen LogP contribution in [0.3, 0.4) is 0 Å². The second-order valence-corrected chi connectivity index (χ2v) is 5.14. The van der Waals surface area contributed by atoms with Crippen molar-refractivity contribution in [2.24, 2.45) is 5.92 Å². The summed E-state index contributed by atoms with van der Waals surface area (Å²) in [6.07, 6.45) is 1.49. The number of rotatable bonds is 6. The van der Waals surface area contributed by atoms with Gasteiger partial charge in [-0.05, 0) is 31.2 Å². The van der Waals surface area contributed by atoms with E-state index in [0.717, 1.165) is 0 Å². The Morgan fingerprint density at radius 1 is 1.20 bits per heavy atom. The average molecular weight is 339 g/mol. The molecule has 1 atom stereocenters. The number of ether oxygens (including phenoxy) is 2. The quantitative estimate of drug-likeness (QED) is 0.640. The third kappa shape index (κ3) is 3.93. The third-order valence-corrected chi connectivity index (χ3v) is 3.61. The van der Waals surface area contributed by atoms with Gasteiger partial charge in [0.25, 0.3) is 5.91 Å². The van der Waals surface area contributed by atoms with Crippen LogP contribution in [0.25, 0.3) is 0 Å². The predicted octanol–water partition coefficient (Wildman–Crippen LogP) is 2.37. The highest BCUT2D eigenvalue weighted by molar-refractivity contribution is 6.15. The van der Waals surface area contributed by atoms with E-state index < -0.39 is 17.6 Å². The summed E-state index contributed by atoms with van der Waals surface area (Å²) in [5.74, 6) is -1.77. The Morgan fingerprint density at radius 2 is 1.84 bits per heavy atom. The maximum absolute atomic E-state index is 12.6. The Kier molecular flexibility index (Phi) is 5.69. The van der Waals surface area contributed by atoms with Gasteiger partial charge in [-0.2, -0.15) is 5.26 Å². The van der Waals surface area contributed by atoms with Crippen LogP contribution in [0.4, 0.5) is 5.82 Å². The highest BCUT2D eigenvalue weighted by atomic mass is 16.5. The lowest BCUT2D eigenvalue weighted by Gasteiger charge is -2.14. The Hall–Kier alpha value is -3.40. The van der Waals surface area contributed by atoms with Crippen molar-refractivity contribution in [2.45, 2.75) is 6.92 Å². The smallest absolute Gasteiger partial charge is 0.250 e. The highest BCUT2D eigenvalue weighted by Crippen LogP contribution is 2.30. The summed E-state index contributed by atoms with van der Waals surface area (Å²) in [6, 6.07) is 9.64. The molecule has 0 saturated heterocycles. The summed E-state index contributed by atoms with van der Waals surface area (Å²) in [7, 11) is 2.93. The first kappa shape index (κ1) is 17.9. The summed E-state index contributed by atoms with van der Waals surface area (Å²) in [5.41, 5.74) is 0.870. The number of methoxy groups -OCH3 is 2. The Labute approximate surface area is 145 Å². The summed E-state index contributed by atoms with van der Waals surface area (Å²) >= 11 is 0. The molecule has 2 rings (SSSR count). The number of carbonyl (C=O) groups is 2. The van der Waals surface area contributed by atoms with Gasteiger partial charge in [0.1, 0.15) is 17.3 Å². The summed E-state index contributed by atoms with van der Waals surface area (Å²) in [6.45, 7) is 1.78. The zero-order valence-corrected chi connectivity index (χ0v) is 14.1. The number of hydrogen-bond donors (Lipinski definition) is 1. The van der Waals surface area contributed by atoms with Crippen LogP contribution in [0, 0.1) is 24.2 Å². The molecule has 1 N–H and O–H groups in total. The number of nitriles is 1. The fourth-order valence-corrected chi connectivity index (χ4v) is 2.27. The molecule has 1 aromatic carbocycles. The normalized spacial score (nSPS) is 11.1. The molecule has 0 aliphatic carbocycles. The van der Waals surface area contributed by atoms with E-state index >= 15 is 0 Å². The minimum atomic E-state index is -1.51. The molecule has 0 spiro atoms. The average Bonchev–Trinajstić information content (AvgIpc) is 2.63. The van der Waals surface area contributed by atoms with Gasteiger partial charge in [-0.15, -0.1) is 0 Å². The van der Waals surface area contributed by atoms with Crippen molar-refractivity contribution in [3.05, 3.63) is 47.7 Å². The van der Waals surface area contributed by atoms with Crippen LogP contribution in [0.5, 0.6) is 11.5 Å². The van der Waals surface area contributed by atoms with Gasteiger partial charge < -0.3 is 14.8 Å². The second kappa shape index (κ2) is 7.93. The van der Waals surface area contributed by atoms with Crippen LogP contribution >= 0.6 is 0 Å². The molecule has 0 radical (unpaired) electrons. The summed E-state index contributed by atoms with van der Waals surface area (Å²) in [4.78, 5) is 28.9. The molecular weight excluding hydrogens is 322 g/mol. The van der Waals surface area contributed by atoms with E-state index in [2.05, 4.69) is 10.3 Å². The minimum absolute atomic E-state index is 0.155. The zero-order valence-electron chi connectivity index (χ0n) is 14.1. The zero-order chi connectivity index (χ0) is 18.4. The molecule has 0 aliphatic rings. The summed E-state index contributed by atoms with van der Waals surface area (Å²) < 4.78 is 10.4. The SMILES string of the molecule is COc1cc(C(=O)[C@@H](C#N)C(=O)Nc2ccccn2)cc(OC)c1C. The van der Waals surface area contributed by atoms with E-state index in [9.17, 15) is 14.9 Å². The van der Waals surface area contributed by atoms with Crippen molar-refractivity contribution in [1.82, 2.24) is 4.98 Å². The third-order valence-electron chi connectivity index (χ3n) is 3.61. The second-order valence-electron chi connectivity index (χ2n) is 5.14. The first-order valence-corrected chi connectivity index (χ1v) is 7.40. The molecule has 1 aromatic heterocycles. The maximum Gasteiger partial charge on any atom is 0.250 e. The monoisotopic (exact) mass is 339 g/mol. The van der Waals surface area contributed by atoms with Gasteiger partial charge in [-0.1, -0.05) is 6.07 Å². The van der Waals surface area contributed by atoms with Gasteiger partial charge in [-0.25, -0.2) is 4.98 Å². The van der Waals surface area contributed by atoms with E-state index in [1.165, 1.54) is 32.5 Å². The van der Waals surface area contributed by atoms with Crippen molar-refractivity contribution < 1.29 is 19.1 Å². The van der Waals surface area contributed by atoms with E-state index in [0.29, 0.717) is 17.1 Å². The number of nitrogens with zero attached hydrogens (tertiary/aromatic N) is 2. The first-order valence-electron chi connectivity index (χ1n) is 7.40. The molecule has 0 fully saturated rings. The fraction of sp³-hybridized carbons (Fsp3) is 0.222. The lowest BCUT2D eigenvalue weighted by molar-refractivity contribution is -0.117. The number of nitrogens with one attached hydrogen (secondary N) is 1. The number of anilines is 1. The minimum Gasteiger partial charge on any atom is -0.496 e. The van der Waals surface area contributed by atoms with Gasteiger partial charge in [0.15, 0.2) is 11.7 Å². The Morgan fingerprint density at radius 3 is 2.32 bits per heavy atom. The van der Waals surface area contributed by atoms with Crippen molar-refractivity contribution in [1.29, 1.82) is 5.26 Å². The Balaban J connectivity index is 2.31. The number of amides is 1. The van der Waals surface area contributed by atoms with Gasteiger partial charge in [-0.3, -0.25) is 9.59 Å². The number of ketones is 1. The van der Waals surface area contributed by atoms with Gasteiger partial charge in [0.05, 0.1) is 20.3 Å². The van der Waals surface area contributed by atoms with Crippen molar-refractivity contribution in [3.63, 3.8) is 0 Å². The first-order chi connectivity index (χ1) is 12.0. The van der Waals surface area contributed by atoms with Crippen LogP contribution < -0.4 is 14.8 Å². The Bertz CT molecular complexity index is 803. The number of Topliss-reactive ketones (excluding diaryl/α,β-unsaturated/α-hetero) is 1. The molecule has 2 aromatic rings. The van der Waals surface area contributed by atoms with Crippen LogP contribution in [0.2, 0.25) is 0 Å². The molecule has 0 bridgehead atoms. The molecule has 1 heterocycles. The van der Waals surface area contributed by atoms with Crippen LogP contribution in [0.15, 0.2) is 36.5 Å². The van der Waals surface area contributed by atoms with Crippen molar-refractivity contribution in [3.8, 4) is 17.6 Å². The molecule has 25 heavy (non-hydrogen) atoms. The highest BCUT2D eigenvalue weighted by Gasteiger charge is 2.29. The molecule has 0 aliphatic heterocycles. The lowest BCUT2D eigenvalue weighted by atomic mass is 9.96. The molecule has 0 saturated carbocycles. The lowest BCUT2D eigenvalue weighted by Crippen LogP contribution is -2.29. The molecule has 7 nitrogen and oxygen atoms in total. The van der Waals surface area contributed by atoms with E-state index in [-0.39, 0.29) is 11.4 Å². The van der Waals surface area contributed by atoms with Crippen molar-refractivity contribution in [2.75, 3.05) is 19.5 Å². The van der Waals surface area contributed by atoms with Crippen molar-refractivity contribution >= 4 is 17.5 Å². The van der Waals surface area contributed by atoms with E-state index in [1.54, 1.807) is 31.2 Å². The number of benzene rings is 1. The van der Waals surface area contributed by atoms with Gasteiger partial charge >= 0.3 is 0 Å². The van der Waals surface area contributed by atoms with Crippen LogP contribution in [-0.4, -0.2) is 30.9 Å². The van der Waals surface area contributed by atoms with Gasteiger partial charge in [0.2, 0.25) is 0 Å². The summed E-state index contributed by atoms with van der Waals surface area (Å²) in [5, 5.41) is 11.8. The van der Waals surface area contributed by atoms with Crippen LogP contribution in [-0.2, 0) is 4.79 Å². The number of hydrogen-bond acceptors (Lipinski definition) is 6. The molecule has 7 heteroatoms. The van der Waals surface area contributed by atoms with E-state index in [4.69, 9.17) is 9.47 Å². The fourth-order valence-electron chi connectivity index (χ4n) is 2.27. The topological polar surface area (TPSA) is 101 Å². The number of pyridine rings is 1. The molecule has 0 unspecified atom stereocenters. The molecule has 1 amide bonds. The predicted molar refractivity (Wildman–Crippen MR) is 90.6 cm³/mol. The van der Waals surface area contributed by atoms with Gasteiger partial charge in [0, 0.05) is 17.3 Å². The largest absolute Gasteiger partial charge is 0.496 e. The molecular formula is C18H17N3O4.